The zero-order chi connectivity index (χ0) is 10.9. The van der Waals surface area contributed by atoms with Gasteiger partial charge in [0.1, 0.15) is 5.90 Å². The third-order valence-corrected chi connectivity index (χ3v) is 7.81. The van der Waals surface area contributed by atoms with Crippen LogP contribution in [0.5, 0.6) is 0 Å². The van der Waals surface area contributed by atoms with Gasteiger partial charge >= 0.3 is 7.60 Å². The number of rotatable bonds is 4. The average molecular weight is 246 g/mol. The summed E-state index contributed by atoms with van der Waals surface area (Å²) in [6.07, 6.45) is 3.65. The van der Waals surface area contributed by atoms with Crippen LogP contribution in [0.3, 0.4) is 0 Å². The van der Waals surface area contributed by atoms with Crippen molar-refractivity contribution >= 4 is 28.2 Å². The average Bonchev–Trinajstić information content (AvgIpc) is 1.43. The van der Waals surface area contributed by atoms with Crippen molar-refractivity contribution in [2.75, 3.05) is 32.6 Å². The van der Waals surface area contributed by atoms with Gasteiger partial charge in [-0.2, -0.15) is 0 Å². The van der Waals surface area contributed by atoms with Gasteiger partial charge in [0.2, 0.25) is 0 Å². The molecular weight excluding hydrogens is 229 g/mol. The van der Waals surface area contributed by atoms with Crippen LogP contribution < -0.4 is 0 Å². The lowest BCUT2D eigenvalue weighted by molar-refractivity contribution is 0.400. The molecule has 0 radical (unpaired) electrons. The maximum atomic E-state index is 11.4. The lowest BCUT2D eigenvalue weighted by Crippen LogP contribution is -1.93. The van der Waals surface area contributed by atoms with Crippen molar-refractivity contribution in [2.24, 2.45) is 0 Å². The van der Waals surface area contributed by atoms with E-state index in [1.807, 2.05) is 0 Å². The summed E-state index contributed by atoms with van der Waals surface area (Å²) >= 11 is 0. The van der Waals surface area contributed by atoms with E-state index >= 15 is 0 Å². The first-order valence-electron chi connectivity index (χ1n) is 3.67. The van der Waals surface area contributed by atoms with Gasteiger partial charge in [0.05, 0.1) is 7.14 Å². The monoisotopic (exact) mass is 246 g/mol. The van der Waals surface area contributed by atoms with Crippen LogP contribution in [-0.2, 0) is 13.4 Å². The molecule has 0 saturated carbocycles. The van der Waals surface area contributed by atoms with E-state index in [0.717, 1.165) is 0 Å². The van der Waals surface area contributed by atoms with E-state index in [4.69, 9.17) is 4.31 Å². The molecule has 0 aliphatic rings. The van der Waals surface area contributed by atoms with Crippen LogP contribution in [0.25, 0.3) is 0 Å². The first-order chi connectivity index (χ1) is 5.41. The molecule has 0 aliphatic carbocycles. The molecule has 0 aliphatic heterocycles. The SMILES string of the molecule is C=P(C)(C)OP(=O)(O)CP(C)(C)=O. The molecule has 1 atom stereocenters. The van der Waals surface area contributed by atoms with Gasteiger partial charge in [0.15, 0.2) is 0 Å². The fourth-order valence-corrected chi connectivity index (χ4v) is 7.68. The third-order valence-electron chi connectivity index (χ3n) is 0.868. The maximum Gasteiger partial charge on any atom is 0.338 e. The van der Waals surface area contributed by atoms with E-state index < -0.39 is 21.9 Å². The molecule has 0 fully saturated rings. The predicted molar refractivity (Wildman–Crippen MR) is 61.1 cm³/mol. The highest BCUT2D eigenvalue weighted by atomic mass is 31.3. The fourth-order valence-electron chi connectivity index (χ4n) is 0.802. The highest BCUT2D eigenvalue weighted by molar-refractivity contribution is 7.81. The lowest BCUT2D eigenvalue weighted by atomic mass is 11.8. The standard InChI is InChI=1S/C6H17O4P3/c1-11(2,3)10-13(8,9)6-12(4,5)7/h1,6H2,2-5H3,(H,8,9). The van der Waals surface area contributed by atoms with Crippen molar-refractivity contribution in [2.45, 2.75) is 0 Å². The highest BCUT2D eigenvalue weighted by Gasteiger charge is 2.28. The van der Waals surface area contributed by atoms with Crippen LogP contribution in [0.4, 0.5) is 0 Å². The Morgan fingerprint density at radius 1 is 1.23 bits per heavy atom. The van der Waals surface area contributed by atoms with Crippen molar-refractivity contribution in [3.63, 3.8) is 0 Å². The van der Waals surface area contributed by atoms with Crippen molar-refractivity contribution in [1.82, 2.24) is 0 Å². The summed E-state index contributed by atoms with van der Waals surface area (Å²) in [7, 11) is -8.24. The largest absolute Gasteiger partial charge is 0.338 e. The molecule has 7 heteroatoms. The van der Waals surface area contributed by atoms with Crippen LogP contribution >= 0.6 is 21.9 Å². The van der Waals surface area contributed by atoms with Crippen LogP contribution in [0, 0.1) is 0 Å². The Morgan fingerprint density at radius 3 is 1.85 bits per heavy atom. The third kappa shape index (κ3) is 9.00. The van der Waals surface area contributed by atoms with Gasteiger partial charge in [-0.3, -0.25) is 8.88 Å². The summed E-state index contributed by atoms with van der Waals surface area (Å²) in [5.74, 6) is -0.265. The van der Waals surface area contributed by atoms with Gasteiger partial charge in [0.25, 0.3) is 0 Å². The first-order valence-corrected chi connectivity index (χ1v) is 11.0. The zero-order valence-corrected chi connectivity index (χ0v) is 11.1. The highest BCUT2D eigenvalue weighted by Crippen LogP contribution is 2.63. The second kappa shape index (κ2) is 4.04. The van der Waals surface area contributed by atoms with E-state index in [-0.39, 0.29) is 5.90 Å². The molecule has 1 N–H and O–H groups in total. The van der Waals surface area contributed by atoms with E-state index in [9.17, 15) is 14.0 Å². The molecule has 0 aromatic carbocycles. The van der Waals surface area contributed by atoms with E-state index in [2.05, 4.69) is 6.30 Å². The summed E-state index contributed by atoms with van der Waals surface area (Å²) in [5.41, 5.74) is 0. The van der Waals surface area contributed by atoms with Gasteiger partial charge in [-0.1, -0.05) is 6.30 Å². The normalized spacial score (nSPS) is 18.2. The van der Waals surface area contributed by atoms with Crippen LogP contribution in [0.15, 0.2) is 0 Å². The molecule has 0 aromatic heterocycles. The predicted octanol–water partition coefficient (Wildman–Crippen LogP) is 2.39. The summed E-state index contributed by atoms with van der Waals surface area (Å²) in [5, 5.41) is 0. The van der Waals surface area contributed by atoms with E-state index in [0.29, 0.717) is 0 Å². The molecule has 80 valence electrons. The van der Waals surface area contributed by atoms with Crippen LogP contribution in [0.2, 0.25) is 0 Å². The Hall–Kier alpha value is 0.680. The van der Waals surface area contributed by atoms with Gasteiger partial charge in [-0.05, 0) is 26.7 Å². The van der Waals surface area contributed by atoms with Crippen molar-refractivity contribution in [3.8, 4) is 0 Å². The molecule has 0 rings (SSSR count). The minimum atomic E-state index is -3.71. The molecule has 4 nitrogen and oxygen atoms in total. The quantitative estimate of drug-likeness (QED) is 0.773. The lowest BCUT2D eigenvalue weighted by Gasteiger charge is -2.20. The van der Waals surface area contributed by atoms with Crippen molar-refractivity contribution < 1.29 is 18.3 Å². The molecule has 0 saturated heterocycles. The second-order valence-electron chi connectivity index (χ2n) is 4.01. The molecular formula is C6H17O4P3. The molecule has 0 amide bonds. The molecule has 0 aromatic rings. The number of hydrogen-bond acceptors (Lipinski definition) is 3. The maximum absolute atomic E-state index is 11.4. The van der Waals surface area contributed by atoms with E-state index in [1.165, 1.54) is 13.3 Å². The molecule has 13 heavy (non-hydrogen) atoms. The second-order valence-corrected chi connectivity index (χ2v) is 13.4. The minimum Gasteiger partial charge on any atom is -0.324 e. The Labute approximate surface area is 79.7 Å². The smallest absolute Gasteiger partial charge is 0.324 e. The van der Waals surface area contributed by atoms with Gasteiger partial charge in [-0.15, -0.1) is 0 Å². The number of hydrogen-bond donors (Lipinski definition) is 1. The summed E-state index contributed by atoms with van der Waals surface area (Å²) in [6.45, 7) is 6.31. The van der Waals surface area contributed by atoms with Crippen molar-refractivity contribution in [1.29, 1.82) is 0 Å². The Kier molecular flexibility index (Phi) is 4.26. The van der Waals surface area contributed by atoms with Crippen LogP contribution in [-0.4, -0.2) is 43.8 Å². The summed E-state index contributed by atoms with van der Waals surface area (Å²) in [6, 6.07) is 0. The zero-order valence-electron chi connectivity index (χ0n) is 8.43. The summed E-state index contributed by atoms with van der Waals surface area (Å²) in [4.78, 5) is 9.33. The van der Waals surface area contributed by atoms with Crippen LogP contribution in [0.1, 0.15) is 0 Å². The Bertz CT molecular complexity index is 282. The Balaban J connectivity index is 4.54. The first kappa shape index (κ1) is 13.7. The van der Waals surface area contributed by atoms with Gasteiger partial charge in [0, 0.05) is 7.11 Å². The topological polar surface area (TPSA) is 63.6 Å². The molecule has 0 spiro atoms. The molecule has 0 bridgehead atoms. The summed E-state index contributed by atoms with van der Waals surface area (Å²) < 4.78 is 27.6. The van der Waals surface area contributed by atoms with Gasteiger partial charge < -0.3 is 9.46 Å². The molecule has 0 heterocycles. The minimum absolute atomic E-state index is 0.265. The fraction of sp³-hybridized carbons (Fsp3) is 0.833. The van der Waals surface area contributed by atoms with E-state index in [1.54, 1.807) is 13.3 Å². The molecule has 1 unspecified atom stereocenters. The van der Waals surface area contributed by atoms with Crippen molar-refractivity contribution in [3.05, 3.63) is 0 Å². The van der Waals surface area contributed by atoms with Gasteiger partial charge in [-0.25, -0.2) is 0 Å². The Morgan fingerprint density at radius 2 is 1.62 bits per heavy atom.